The van der Waals surface area contributed by atoms with Gasteiger partial charge in [0, 0.05) is 17.8 Å². The number of nitro benzene ring substituents is 1. The van der Waals surface area contributed by atoms with E-state index in [1.807, 2.05) is 19.9 Å². The zero-order valence-corrected chi connectivity index (χ0v) is 11.5. The summed E-state index contributed by atoms with van der Waals surface area (Å²) >= 11 is 6.12. The zero-order valence-electron chi connectivity index (χ0n) is 10.8. The van der Waals surface area contributed by atoms with Crippen LogP contribution in [0.2, 0.25) is 5.02 Å². The molecule has 0 saturated carbocycles. The van der Waals surface area contributed by atoms with Gasteiger partial charge >= 0.3 is 0 Å². The number of aryl methyl sites for hydroxylation is 2. The standard InChI is InChI=1S/C13H14ClN3O2/c1-3-9-7-10(4-2)16(15-9)13-6-5-11(17(18)19)8-12(13)14/h5-8H,3-4H2,1-2H3. The Morgan fingerprint density at radius 1 is 1.32 bits per heavy atom. The summed E-state index contributed by atoms with van der Waals surface area (Å²) in [5.41, 5.74) is 2.66. The normalized spacial score (nSPS) is 10.7. The third kappa shape index (κ3) is 2.61. The molecule has 0 saturated heterocycles. The average Bonchev–Trinajstić information content (AvgIpc) is 2.81. The molecule has 2 rings (SSSR count). The lowest BCUT2D eigenvalue weighted by molar-refractivity contribution is -0.384. The van der Waals surface area contributed by atoms with E-state index in [0.717, 1.165) is 24.2 Å². The van der Waals surface area contributed by atoms with Crippen molar-refractivity contribution in [1.82, 2.24) is 9.78 Å². The van der Waals surface area contributed by atoms with Crippen molar-refractivity contribution in [2.75, 3.05) is 0 Å². The molecule has 0 spiro atoms. The average molecular weight is 280 g/mol. The summed E-state index contributed by atoms with van der Waals surface area (Å²) in [4.78, 5) is 10.2. The van der Waals surface area contributed by atoms with Gasteiger partial charge in [-0.2, -0.15) is 5.10 Å². The maximum atomic E-state index is 10.7. The lowest BCUT2D eigenvalue weighted by Crippen LogP contribution is -2.03. The molecule has 0 amide bonds. The minimum atomic E-state index is -0.461. The number of halogens is 1. The highest BCUT2D eigenvalue weighted by molar-refractivity contribution is 6.32. The van der Waals surface area contributed by atoms with Crippen molar-refractivity contribution in [3.05, 3.63) is 50.8 Å². The summed E-state index contributed by atoms with van der Waals surface area (Å²) in [6, 6.07) is 6.45. The Morgan fingerprint density at radius 3 is 2.58 bits per heavy atom. The number of benzene rings is 1. The first-order valence-electron chi connectivity index (χ1n) is 6.09. The van der Waals surface area contributed by atoms with Gasteiger partial charge in [0.2, 0.25) is 0 Å². The van der Waals surface area contributed by atoms with Gasteiger partial charge in [-0.3, -0.25) is 10.1 Å². The van der Waals surface area contributed by atoms with Crippen LogP contribution in [0, 0.1) is 10.1 Å². The molecule has 5 nitrogen and oxygen atoms in total. The van der Waals surface area contributed by atoms with Gasteiger partial charge in [-0.1, -0.05) is 25.4 Å². The summed E-state index contributed by atoms with van der Waals surface area (Å²) in [7, 11) is 0. The molecule has 0 radical (unpaired) electrons. The maximum absolute atomic E-state index is 10.7. The first kappa shape index (κ1) is 13.5. The molecular formula is C13H14ClN3O2. The van der Waals surface area contributed by atoms with Crippen LogP contribution in [0.4, 0.5) is 5.69 Å². The minimum absolute atomic E-state index is 0.0188. The summed E-state index contributed by atoms with van der Waals surface area (Å²) < 4.78 is 1.75. The molecule has 0 atom stereocenters. The fourth-order valence-electron chi connectivity index (χ4n) is 1.89. The predicted molar refractivity (Wildman–Crippen MR) is 74.0 cm³/mol. The van der Waals surface area contributed by atoms with Crippen LogP contribution >= 0.6 is 11.6 Å². The van der Waals surface area contributed by atoms with Gasteiger partial charge in [0.15, 0.2) is 0 Å². The number of hydrogen-bond donors (Lipinski definition) is 0. The monoisotopic (exact) mass is 279 g/mol. The number of rotatable bonds is 4. The Bertz CT molecular complexity index is 622. The maximum Gasteiger partial charge on any atom is 0.271 e. The Kier molecular flexibility index (Phi) is 3.85. The van der Waals surface area contributed by atoms with E-state index in [0.29, 0.717) is 10.7 Å². The molecule has 2 aromatic rings. The molecular weight excluding hydrogens is 266 g/mol. The van der Waals surface area contributed by atoms with E-state index in [-0.39, 0.29) is 5.69 Å². The van der Waals surface area contributed by atoms with E-state index in [4.69, 9.17) is 11.6 Å². The third-order valence-electron chi connectivity index (χ3n) is 2.93. The highest BCUT2D eigenvalue weighted by Crippen LogP contribution is 2.26. The summed E-state index contributed by atoms with van der Waals surface area (Å²) in [5.74, 6) is 0. The van der Waals surface area contributed by atoms with Crippen LogP contribution in [0.25, 0.3) is 5.69 Å². The largest absolute Gasteiger partial charge is 0.271 e. The van der Waals surface area contributed by atoms with E-state index in [1.165, 1.54) is 12.1 Å². The van der Waals surface area contributed by atoms with Gasteiger partial charge in [0.25, 0.3) is 5.69 Å². The van der Waals surface area contributed by atoms with Crippen LogP contribution in [-0.4, -0.2) is 14.7 Å². The topological polar surface area (TPSA) is 61.0 Å². The van der Waals surface area contributed by atoms with Crippen LogP contribution < -0.4 is 0 Å². The molecule has 100 valence electrons. The molecule has 1 aromatic heterocycles. The molecule has 6 heteroatoms. The second-order valence-corrected chi connectivity index (χ2v) is 4.55. The fourth-order valence-corrected chi connectivity index (χ4v) is 2.14. The SMILES string of the molecule is CCc1cc(CC)n(-c2ccc([N+](=O)[O-])cc2Cl)n1. The molecule has 0 aliphatic heterocycles. The Balaban J connectivity index is 2.52. The van der Waals surface area contributed by atoms with E-state index in [2.05, 4.69) is 5.10 Å². The van der Waals surface area contributed by atoms with Crippen molar-refractivity contribution >= 4 is 17.3 Å². The van der Waals surface area contributed by atoms with Crippen LogP contribution in [-0.2, 0) is 12.8 Å². The van der Waals surface area contributed by atoms with Crippen LogP contribution in [0.15, 0.2) is 24.3 Å². The molecule has 1 heterocycles. The van der Waals surface area contributed by atoms with Crippen molar-refractivity contribution in [3.63, 3.8) is 0 Å². The quantitative estimate of drug-likeness (QED) is 0.635. The van der Waals surface area contributed by atoms with Crippen molar-refractivity contribution < 1.29 is 4.92 Å². The van der Waals surface area contributed by atoms with Crippen LogP contribution in [0.3, 0.4) is 0 Å². The van der Waals surface area contributed by atoms with E-state index in [9.17, 15) is 10.1 Å². The summed E-state index contributed by atoms with van der Waals surface area (Å²) in [6.45, 7) is 4.07. The Morgan fingerprint density at radius 2 is 2.05 bits per heavy atom. The van der Waals surface area contributed by atoms with Crippen molar-refractivity contribution in [2.45, 2.75) is 26.7 Å². The number of nitro groups is 1. The van der Waals surface area contributed by atoms with E-state index in [1.54, 1.807) is 10.7 Å². The summed E-state index contributed by atoms with van der Waals surface area (Å²) in [5, 5.41) is 15.5. The number of non-ortho nitro benzene ring substituents is 1. The van der Waals surface area contributed by atoms with Crippen LogP contribution in [0.1, 0.15) is 25.2 Å². The number of aromatic nitrogens is 2. The highest BCUT2D eigenvalue weighted by atomic mass is 35.5. The van der Waals surface area contributed by atoms with Gasteiger partial charge in [-0.25, -0.2) is 4.68 Å². The number of nitrogens with zero attached hydrogens (tertiary/aromatic N) is 3. The Labute approximate surface area is 116 Å². The predicted octanol–water partition coefficient (Wildman–Crippen LogP) is 3.56. The molecule has 0 fully saturated rings. The van der Waals surface area contributed by atoms with Gasteiger partial charge in [-0.15, -0.1) is 0 Å². The molecule has 0 aliphatic rings. The van der Waals surface area contributed by atoms with Gasteiger partial charge in [0.1, 0.15) is 0 Å². The van der Waals surface area contributed by atoms with Gasteiger partial charge < -0.3 is 0 Å². The minimum Gasteiger partial charge on any atom is -0.258 e. The summed E-state index contributed by atoms with van der Waals surface area (Å²) in [6.07, 6.45) is 1.66. The van der Waals surface area contributed by atoms with Crippen LogP contribution in [0.5, 0.6) is 0 Å². The molecule has 1 aromatic carbocycles. The molecule has 0 unspecified atom stereocenters. The lowest BCUT2D eigenvalue weighted by atomic mass is 10.2. The smallest absolute Gasteiger partial charge is 0.258 e. The fraction of sp³-hybridized carbons (Fsp3) is 0.308. The molecule has 0 bridgehead atoms. The third-order valence-corrected chi connectivity index (χ3v) is 3.23. The molecule has 0 aliphatic carbocycles. The number of hydrogen-bond acceptors (Lipinski definition) is 3. The van der Waals surface area contributed by atoms with Crippen molar-refractivity contribution in [2.24, 2.45) is 0 Å². The zero-order chi connectivity index (χ0) is 14.0. The van der Waals surface area contributed by atoms with E-state index >= 15 is 0 Å². The van der Waals surface area contributed by atoms with Crippen molar-refractivity contribution in [3.8, 4) is 5.69 Å². The second kappa shape index (κ2) is 5.40. The molecule has 19 heavy (non-hydrogen) atoms. The lowest BCUT2D eigenvalue weighted by Gasteiger charge is -2.07. The second-order valence-electron chi connectivity index (χ2n) is 4.14. The highest BCUT2D eigenvalue weighted by Gasteiger charge is 2.14. The first-order valence-corrected chi connectivity index (χ1v) is 6.46. The first-order chi connectivity index (χ1) is 9.06. The van der Waals surface area contributed by atoms with E-state index < -0.39 is 4.92 Å². The molecule has 0 N–H and O–H groups in total. The van der Waals surface area contributed by atoms with Crippen molar-refractivity contribution in [1.29, 1.82) is 0 Å². The van der Waals surface area contributed by atoms with Gasteiger partial charge in [-0.05, 0) is 25.0 Å². The Hall–Kier alpha value is -1.88. The van der Waals surface area contributed by atoms with Gasteiger partial charge in [0.05, 0.1) is 21.3 Å².